The van der Waals surface area contributed by atoms with Crippen molar-refractivity contribution in [3.8, 4) is 29.1 Å². The molecule has 3 aliphatic rings. The average Bonchev–Trinajstić information content (AvgIpc) is 1.39. The fourth-order valence-corrected chi connectivity index (χ4v) is 18.8. The lowest BCUT2D eigenvalue weighted by Gasteiger charge is -2.27. The first-order valence-electron chi connectivity index (χ1n) is 46.3. The normalized spacial score (nSPS) is 13.7. The number of benzene rings is 3. The lowest BCUT2D eigenvalue weighted by molar-refractivity contribution is -0.123. The third-order valence-corrected chi connectivity index (χ3v) is 27.1. The largest absolute Gasteiger partial charge is 0.407 e. The van der Waals surface area contributed by atoms with Crippen LogP contribution < -0.4 is 42.9 Å². The van der Waals surface area contributed by atoms with Crippen LogP contribution in [0, 0.1) is 37.5 Å². The van der Waals surface area contributed by atoms with Gasteiger partial charge in [0.05, 0.1) is 19.7 Å². The van der Waals surface area contributed by atoms with E-state index in [-0.39, 0.29) is 51.0 Å². The minimum Gasteiger partial charge on any atom is -0.407 e. The number of hydrogen-bond acceptors (Lipinski definition) is 27. The number of carbonyl (C=O) groups excluding carboxylic acids is 3. The van der Waals surface area contributed by atoms with Gasteiger partial charge >= 0.3 is 0 Å². The zero-order valence-corrected chi connectivity index (χ0v) is 86.2. The Kier molecular flexibility index (Phi) is 41.9. The van der Waals surface area contributed by atoms with Gasteiger partial charge in [0.1, 0.15) is 85.9 Å². The lowest BCUT2D eigenvalue weighted by Crippen LogP contribution is -2.41. The number of sulfone groups is 2. The Morgan fingerprint density at radius 1 is 0.382 bits per heavy atom. The lowest BCUT2D eigenvalue weighted by atomic mass is 9.84. The molecule has 0 spiro atoms. The number of nitrogen functional groups attached to an aromatic ring is 1. The molecule has 3 unspecified atom stereocenters. The minimum atomic E-state index is -3.67. The Hall–Kier alpha value is -13.7. The maximum absolute atomic E-state index is 13.3. The first-order valence-corrected chi connectivity index (χ1v) is 54.9. The molecule has 0 aliphatic heterocycles. The van der Waals surface area contributed by atoms with Gasteiger partial charge in [0.15, 0.2) is 32.5 Å². The molecule has 3 amide bonds. The maximum atomic E-state index is 13.3. The number of nitrogens with one attached hydrogen (secondary N) is 7. The van der Waals surface area contributed by atoms with E-state index in [9.17, 15) is 31.2 Å². The Balaban J connectivity index is 0.000000162. The summed E-state index contributed by atoms with van der Waals surface area (Å²) >= 11 is 21.6. The first kappa shape index (κ1) is 109. The Labute approximate surface area is 867 Å². The van der Waals surface area contributed by atoms with E-state index < -0.39 is 31.8 Å². The molecule has 11 aromatic heterocycles. The molecule has 0 bridgehead atoms. The number of halogens is 3. The second kappa shape index (κ2) is 55.2. The third-order valence-electron chi connectivity index (χ3n) is 23.2. The van der Waals surface area contributed by atoms with Crippen molar-refractivity contribution in [2.45, 2.75) is 179 Å². The molecular weight excluding hydrogens is 1980 g/mol. The highest BCUT2D eigenvalue weighted by Gasteiger charge is 2.30. The molecule has 2 radical (unpaired) electrons. The van der Waals surface area contributed by atoms with E-state index >= 15 is 0 Å². The SMILES string of the molecule is CS(=O)(=O)c1nc(Cl)cc(-n2cccc2)n1.CSc1nc(Cl)cc(-n2cccc2)n1.CSc1nc(N)cc(Cl)n1.[B]Nc1nc(NC(CC2CCCCC2)C(=O)NCc2ccc([N+]#[C-])cc2)cc(-n2cccc2)n1.[C-]#[N+]c1ccc(CNC(=O)C(CC2CCCCC2)Nc2cc(-n3cccc3)nc(S(C)(=O)=O)n2)cc1.[C-]#[N+]c1ccc(CNC(=O)C(CC2CCCCC2)Nc2cc(-n3cccc3)nc(SC)n2)cc1. The van der Waals surface area contributed by atoms with E-state index in [0.717, 1.165) is 105 Å². The summed E-state index contributed by atoms with van der Waals surface area (Å²) in [6.45, 7) is 22.4. The molecule has 35 nitrogen and oxygen atoms in total. The standard InChI is InChI=1S/C26H30N6O3S.C26H30N6OS.C25H28BN7O.C9H8ClN3O2S.C9H8ClN3S.C5H6ClN3S/c1-27-21-12-10-20(11-13-21)18-28-25(33)22(16-19-8-4-3-5-9-19)29-23-17-24(32-14-6-7-15-32)31-26(30-23)36(2,34)35;1-27-21-12-10-20(11-13-21)18-28-25(33)22(16-19-8-4-3-5-9-19)29-23-17-24(31-26(30-23)34-2)32-14-6-7-15-32;1-27-20-11-9-19(10-12-20)17-28-24(34)21(15-18-7-3-2-4-8-18)29-22-16-23(31-25(30-22)32-26)33-13-5-6-14-33;1-16(14,15)9-11-7(10)6-8(12-9)13-4-2-3-5-13;1-14-9-11-7(10)6-8(12-9)13-4-2-3-5-13;1-10-5-8-3(6)2-4(7)9-5/h6-7,10-15,17,19,22H,3-5,8-9,16,18H2,2H3,(H,28,33)(H,29,30,31);6-7,10-15,17,19,22H,3-5,8-9,16,18H2,2H3,(H,28,33)(H,29,30,31);5-6,9-14,16,18,21H,2-4,7-8,15,17H2,(H,28,34)(H2,29,30,31,32);2-6H,1H3;2-6H,1H3;2H,1H3,(H2,7,8,9). The summed E-state index contributed by atoms with van der Waals surface area (Å²) in [7, 11) is -1.53. The highest BCUT2D eigenvalue weighted by atomic mass is 35.5. The number of amides is 3. The van der Waals surface area contributed by atoms with Crippen LogP contribution >= 0.6 is 70.1 Å². The van der Waals surface area contributed by atoms with E-state index in [1.54, 1.807) is 94.6 Å². The number of carbonyl (C=O) groups is 3. The number of thioether (sulfide) groups is 3. The van der Waals surface area contributed by atoms with Crippen LogP contribution in [-0.4, -0.2) is 175 Å². The number of rotatable bonds is 32. The smallest absolute Gasteiger partial charge is 0.250 e. The highest BCUT2D eigenvalue weighted by Crippen LogP contribution is 2.34. The number of hydrogen-bond donors (Lipinski definition) is 8. The van der Waals surface area contributed by atoms with E-state index in [1.807, 2.05) is 167 Å². The molecule has 3 atom stereocenters. The number of nitrogens with two attached hydrogens (primary N) is 1. The van der Waals surface area contributed by atoms with Crippen molar-refractivity contribution in [1.29, 1.82) is 0 Å². The van der Waals surface area contributed by atoms with E-state index in [4.69, 9.17) is 68.2 Å². The van der Waals surface area contributed by atoms with Gasteiger partial charge in [-0.1, -0.05) is 239 Å². The van der Waals surface area contributed by atoms with Gasteiger partial charge in [0.2, 0.25) is 56.5 Å². The van der Waals surface area contributed by atoms with Gasteiger partial charge in [-0.15, -0.1) is 0 Å². The highest BCUT2D eigenvalue weighted by molar-refractivity contribution is 7.98. The van der Waals surface area contributed by atoms with E-state index in [1.165, 1.54) is 92.4 Å². The molecule has 44 heteroatoms. The Bertz CT molecular complexity index is 6650. The number of aromatic nitrogens is 17. The van der Waals surface area contributed by atoms with Crippen molar-refractivity contribution in [3.05, 3.63) is 298 Å². The van der Waals surface area contributed by atoms with Crippen molar-refractivity contribution >= 4 is 162 Å². The zero-order chi connectivity index (χ0) is 102. The van der Waals surface area contributed by atoms with Gasteiger partial charge in [-0.25, -0.2) is 81.2 Å². The molecule has 3 aliphatic carbocycles. The maximum Gasteiger partial charge on any atom is 0.250 e. The van der Waals surface area contributed by atoms with Gasteiger partial charge in [-0.2, -0.15) is 9.97 Å². The first-order chi connectivity index (χ1) is 69.6. The second-order valence-corrected chi connectivity index (χ2v) is 41.1. The Morgan fingerprint density at radius 2 is 0.660 bits per heavy atom. The average molecular weight is 2090 g/mol. The summed E-state index contributed by atoms with van der Waals surface area (Å²) in [5, 5.41) is 23.9. The monoisotopic (exact) mass is 2090 g/mol. The fourth-order valence-electron chi connectivity index (χ4n) is 15.9. The van der Waals surface area contributed by atoms with Crippen LogP contribution in [0.1, 0.15) is 132 Å². The summed E-state index contributed by atoms with van der Waals surface area (Å²) in [4.78, 5) is 100. The van der Waals surface area contributed by atoms with Crippen LogP contribution in [0.15, 0.2) is 258 Å². The van der Waals surface area contributed by atoms with Gasteiger partial charge in [0, 0.05) is 131 Å². The van der Waals surface area contributed by atoms with E-state index in [0.29, 0.717) is 122 Å². The molecule has 9 N–H and O–H groups in total. The molecule has 17 rings (SSSR count). The summed E-state index contributed by atoms with van der Waals surface area (Å²) < 4.78 is 56.3. The summed E-state index contributed by atoms with van der Waals surface area (Å²) in [5.41, 5.74) is 9.92. The molecule has 14 aromatic rings. The molecule has 3 aromatic carbocycles. The van der Waals surface area contributed by atoms with Gasteiger partial charge in [0.25, 0.3) is 5.16 Å². The minimum absolute atomic E-state index is 0.0355. The summed E-state index contributed by atoms with van der Waals surface area (Å²) in [6.07, 6.45) is 46.2. The molecule has 144 heavy (non-hydrogen) atoms. The predicted octanol–water partition coefficient (Wildman–Crippen LogP) is 19.7. The number of anilines is 5. The summed E-state index contributed by atoms with van der Waals surface area (Å²) in [6, 6.07) is 49.2. The van der Waals surface area contributed by atoms with Crippen LogP contribution in [0.2, 0.25) is 15.5 Å². The van der Waals surface area contributed by atoms with Crippen LogP contribution in [-0.2, 0) is 53.7 Å². The van der Waals surface area contributed by atoms with Crippen molar-refractivity contribution in [1.82, 2.24) is 98.6 Å². The molecule has 3 fully saturated rings. The fraction of sp³-hybridized carbons (Fsp3) is 0.320. The van der Waals surface area contributed by atoms with Gasteiger partial charge < -0.3 is 65.7 Å². The summed E-state index contributed by atoms with van der Waals surface area (Å²) in [5.74, 6) is 6.29. The van der Waals surface area contributed by atoms with Crippen molar-refractivity contribution in [2.75, 3.05) is 58.2 Å². The molecule has 0 saturated heterocycles. The third kappa shape index (κ3) is 34.8. The van der Waals surface area contributed by atoms with Crippen LogP contribution in [0.5, 0.6) is 0 Å². The van der Waals surface area contributed by atoms with Crippen molar-refractivity contribution < 1.29 is 31.2 Å². The molecule has 3 saturated carbocycles. The quantitative estimate of drug-likeness (QED) is 0.00638. The topological polar surface area (TPSA) is 422 Å². The van der Waals surface area contributed by atoms with Gasteiger partial charge in [-0.3, -0.25) is 14.4 Å². The van der Waals surface area contributed by atoms with Gasteiger partial charge in [-0.05, 0) is 133 Å². The van der Waals surface area contributed by atoms with Crippen LogP contribution in [0.4, 0.5) is 46.3 Å². The Morgan fingerprint density at radius 3 is 0.979 bits per heavy atom. The molecule has 746 valence electrons. The predicted molar refractivity (Wildman–Crippen MR) is 569 cm³/mol. The van der Waals surface area contributed by atoms with Crippen molar-refractivity contribution in [3.63, 3.8) is 0 Å². The van der Waals surface area contributed by atoms with Crippen LogP contribution in [0.25, 0.3) is 43.6 Å². The number of nitrogens with zero attached hydrogens (tertiary/aromatic N) is 20. The van der Waals surface area contributed by atoms with Crippen LogP contribution in [0.3, 0.4) is 0 Å². The van der Waals surface area contributed by atoms with Crippen molar-refractivity contribution in [2.24, 2.45) is 17.8 Å². The molecule has 11 heterocycles. The van der Waals surface area contributed by atoms with E-state index in [2.05, 4.69) is 111 Å². The second-order valence-electron chi connectivity index (χ2n) is 33.8. The zero-order valence-electron chi connectivity index (χ0n) is 79.9. The molecular formula is C100H110BCl3N28O7S5.